The van der Waals surface area contributed by atoms with Crippen LogP contribution in [0, 0.1) is 0 Å². The molecule has 1 fully saturated rings. The molecule has 1 aromatic heterocycles. The van der Waals surface area contributed by atoms with Gasteiger partial charge in [-0.1, -0.05) is 18.2 Å². The van der Waals surface area contributed by atoms with E-state index in [0.29, 0.717) is 18.6 Å². The molecule has 1 aliphatic carbocycles. The summed E-state index contributed by atoms with van der Waals surface area (Å²) in [7, 11) is 0. The summed E-state index contributed by atoms with van der Waals surface area (Å²) in [6.45, 7) is 2.55. The first-order valence-corrected chi connectivity index (χ1v) is 12.1. The first-order chi connectivity index (χ1) is 16.2. The average molecular weight is 488 g/mol. The van der Waals surface area contributed by atoms with Gasteiger partial charge in [-0.15, -0.1) is 11.3 Å². The number of thiophene rings is 1. The number of benzene rings is 2. The van der Waals surface area contributed by atoms with Gasteiger partial charge in [-0.25, -0.2) is 4.79 Å². The van der Waals surface area contributed by atoms with E-state index in [-0.39, 0.29) is 0 Å². The van der Waals surface area contributed by atoms with Crippen LogP contribution in [0.1, 0.15) is 34.4 Å². The monoisotopic (exact) mass is 487 g/mol. The zero-order chi connectivity index (χ0) is 23.9. The van der Waals surface area contributed by atoms with E-state index >= 15 is 0 Å². The van der Waals surface area contributed by atoms with Crippen LogP contribution in [-0.2, 0) is 30.4 Å². The molecule has 0 saturated heterocycles. The number of hydrogen-bond donors (Lipinski definition) is 1. The maximum absolute atomic E-state index is 12.8. The molecule has 0 amide bonds. The molecular formula is C26H24F3NO3S. The molecule has 178 valence electrons. The second-order valence-electron chi connectivity index (χ2n) is 8.95. The van der Waals surface area contributed by atoms with Gasteiger partial charge in [0, 0.05) is 42.2 Å². The lowest BCUT2D eigenvalue weighted by molar-refractivity contribution is -0.147. The highest BCUT2D eigenvalue weighted by Gasteiger charge is 2.53. The molecule has 1 saturated carbocycles. The summed E-state index contributed by atoms with van der Waals surface area (Å²) in [5.41, 5.74) is 1.55. The predicted octanol–water partition coefficient (Wildman–Crippen LogP) is 6.03. The summed E-state index contributed by atoms with van der Waals surface area (Å²) < 4.78 is 44.2. The molecule has 2 aromatic carbocycles. The van der Waals surface area contributed by atoms with Crippen LogP contribution in [0.4, 0.5) is 13.2 Å². The molecule has 1 N–H and O–H groups in total. The Balaban J connectivity index is 1.22. The highest BCUT2D eigenvalue weighted by Crippen LogP contribution is 2.41. The quantitative estimate of drug-likeness (QED) is 0.461. The van der Waals surface area contributed by atoms with Gasteiger partial charge in [-0.2, -0.15) is 13.2 Å². The Bertz CT molecular complexity index is 1200. The second kappa shape index (κ2) is 8.74. The summed E-state index contributed by atoms with van der Waals surface area (Å²) in [5.74, 6) is -0.285. The van der Waals surface area contributed by atoms with Gasteiger partial charge in [0.25, 0.3) is 0 Å². The van der Waals surface area contributed by atoms with Gasteiger partial charge in [0.05, 0.1) is 5.56 Å². The Morgan fingerprint density at radius 2 is 1.71 bits per heavy atom. The fourth-order valence-electron chi connectivity index (χ4n) is 4.33. The summed E-state index contributed by atoms with van der Waals surface area (Å²) >= 11 is 1.60. The number of carbonyl (C=O) groups is 1. The lowest BCUT2D eigenvalue weighted by atomic mass is 10.0. The number of halogens is 3. The first kappa shape index (κ1) is 22.9. The van der Waals surface area contributed by atoms with Gasteiger partial charge in [-0.3, -0.25) is 4.90 Å². The zero-order valence-corrected chi connectivity index (χ0v) is 19.2. The van der Waals surface area contributed by atoms with Crippen molar-refractivity contribution in [2.24, 2.45) is 0 Å². The molecule has 0 spiro atoms. The predicted molar refractivity (Wildman–Crippen MR) is 124 cm³/mol. The largest absolute Gasteiger partial charge is 0.478 e. The van der Waals surface area contributed by atoms with Gasteiger partial charge in [0.1, 0.15) is 5.75 Å². The highest BCUT2D eigenvalue weighted by atomic mass is 32.1. The summed E-state index contributed by atoms with van der Waals surface area (Å²) in [6.07, 6.45) is -1.49. The van der Waals surface area contributed by atoms with E-state index in [1.54, 1.807) is 11.3 Å². The Morgan fingerprint density at radius 3 is 2.35 bits per heavy atom. The van der Waals surface area contributed by atoms with Crippen LogP contribution < -0.4 is 4.74 Å². The number of carboxylic acid groups (broad SMARTS) is 1. The molecule has 5 rings (SSSR count). The fourth-order valence-corrected chi connectivity index (χ4v) is 5.39. The molecule has 3 aromatic rings. The van der Waals surface area contributed by atoms with E-state index in [0.717, 1.165) is 55.0 Å². The van der Waals surface area contributed by atoms with Crippen molar-refractivity contribution in [3.05, 3.63) is 76.2 Å². The summed E-state index contributed by atoms with van der Waals surface area (Å²) in [4.78, 5) is 15.9. The van der Waals surface area contributed by atoms with Crippen molar-refractivity contribution in [3.63, 3.8) is 0 Å². The minimum atomic E-state index is -4.33. The van der Waals surface area contributed by atoms with E-state index in [4.69, 9.17) is 4.74 Å². The molecule has 4 nitrogen and oxygen atoms in total. The first-order valence-electron chi connectivity index (χ1n) is 11.2. The standard InChI is InChI=1S/C26H24F3NO3S/c27-26(28,29)20-4-1-18(2-5-20)23-8-7-22(34-23)16-30-13-9-17-3-6-21(15-19(17)10-14-30)33-25(11-12-25)24(31)32/h1-8,15H,9-14,16H2,(H,31,32). The third kappa shape index (κ3) is 4.83. The van der Waals surface area contributed by atoms with E-state index < -0.39 is 23.3 Å². The van der Waals surface area contributed by atoms with Crippen molar-refractivity contribution in [1.82, 2.24) is 4.90 Å². The minimum Gasteiger partial charge on any atom is -0.478 e. The van der Waals surface area contributed by atoms with Crippen LogP contribution in [0.3, 0.4) is 0 Å². The van der Waals surface area contributed by atoms with Gasteiger partial charge in [0.2, 0.25) is 5.60 Å². The van der Waals surface area contributed by atoms with E-state index in [2.05, 4.69) is 4.90 Å². The van der Waals surface area contributed by atoms with E-state index in [1.165, 1.54) is 28.1 Å². The van der Waals surface area contributed by atoms with E-state index in [1.807, 2.05) is 30.3 Å². The smallest absolute Gasteiger partial charge is 0.416 e. The normalized spacial score (nSPS) is 17.6. The second-order valence-corrected chi connectivity index (χ2v) is 10.1. The average Bonchev–Trinajstić information content (AvgIpc) is 3.49. The Kier molecular flexibility index (Phi) is 5.90. The highest BCUT2D eigenvalue weighted by molar-refractivity contribution is 7.15. The van der Waals surface area contributed by atoms with Gasteiger partial charge >= 0.3 is 12.1 Å². The molecule has 8 heteroatoms. The molecule has 0 bridgehead atoms. The molecular weight excluding hydrogens is 463 g/mol. The number of fused-ring (bicyclic) bond motifs is 1. The van der Waals surface area contributed by atoms with Crippen molar-refractivity contribution in [2.75, 3.05) is 13.1 Å². The van der Waals surface area contributed by atoms with Crippen molar-refractivity contribution >= 4 is 17.3 Å². The van der Waals surface area contributed by atoms with Crippen LogP contribution >= 0.6 is 11.3 Å². The number of ether oxygens (including phenoxy) is 1. The summed E-state index contributed by atoms with van der Waals surface area (Å²) in [5, 5.41) is 9.37. The molecule has 1 aliphatic heterocycles. The third-order valence-corrected chi connectivity index (χ3v) is 7.64. The number of nitrogens with zero attached hydrogens (tertiary/aromatic N) is 1. The van der Waals surface area contributed by atoms with Crippen molar-refractivity contribution in [1.29, 1.82) is 0 Å². The van der Waals surface area contributed by atoms with Crippen molar-refractivity contribution in [2.45, 2.75) is 44.0 Å². The van der Waals surface area contributed by atoms with Gasteiger partial charge in [-0.05, 0) is 65.9 Å². The SMILES string of the molecule is O=C(O)C1(Oc2ccc3c(c2)CCN(Cc2ccc(-c4ccc(C(F)(F)F)cc4)s2)CC3)CC1. The number of rotatable bonds is 6. The molecule has 2 aliphatic rings. The van der Waals surface area contributed by atoms with Crippen LogP contribution in [-0.4, -0.2) is 34.7 Å². The molecule has 2 heterocycles. The number of aliphatic carboxylic acids is 1. The zero-order valence-electron chi connectivity index (χ0n) is 18.4. The van der Waals surface area contributed by atoms with Crippen LogP contribution in [0.2, 0.25) is 0 Å². The Labute approximate surface area is 199 Å². The lowest BCUT2D eigenvalue weighted by Gasteiger charge is -2.18. The minimum absolute atomic E-state index is 0.544. The van der Waals surface area contributed by atoms with E-state index in [9.17, 15) is 23.1 Å². The van der Waals surface area contributed by atoms with Crippen LogP contribution in [0.5, 0.6) is 5.75 Å². The fraction of sp³-hybridized carbons (Fsp3) is 0.346. The number of hydrogen-bond acceptors (Lipinski definition) is 4. The Morgan fingerprint density at radius 1 is 1.00 bits per heavy atom. The van der Waals surface area contributed by atoms with Gasteiger partial charge < -0.3 is 9.84 Å². The Hall–Kier alpha value is -2.84. The third-order valence-electron chi connectivity index (χ3n) is 6.52. The number of alkyl halides is 3. The van der Waals surface area contributed by atoms with Crippen molar-refractivity contribution < 1.29 is 27.8 Å². The van der Waals surface area contributed by atoms with Crippen LogP contribution in [0.15, 0.2) is 54.6 Å². The summed E-state index contributed by atoms with van der Waals surface area (Å²) in [6, 6.07) is 15.2. The maximum atomic E-state index is 12.8. The van der Waals surface area contributed by atoms with Crippen molar-refractivity contribution in [3.8, 4) is 16.2 Å². The van der Waals surface area contributed by atoms with Crippen LogP contribution in [0.25, 0.3) is 10.4 Å². The molecule has 0 unspecified atom stereocenters. The molecule has 34 heavy (non-hydrogen) atoms. The molecule has 0 atom stereocenters. The topological polar surface area (TPSA) is 49.8 Å². The lowest BCUT2D eigenvalue weighted by Crippen LogP contribution is -2.29. The van der Waals surface area contributed by atoms with Gasteiger partial charge in [0.15, 0.2) is 0 Å². The maximum Gasteiger partial charge on any atom is 0.416 e. The number of carboxylic acids is 1. The molecule has 0 radical (unpaired) electrons.